The van der Waals surface area contributed by atoms with Gasteiger partial charge in [0, 0.05) is 18.9 Å². The molecule has 0 bridgehead atoms. The molecule has 0 aliphatic carbocycles. The highest BCUT2D eigenvalue weighted by Crippen LogP contribution is 2.19. The zero-order valence-electron chi connectivity index (χ0n) is 12.8. The van der Waals surface area contributed by atoms with Gasteiger partial charge in [-0.15, -0.1) is 0 Å². The molecule has 122 valence electrons. The molecule has 0 spiro atoms. The van der Waals surface area contributed by atoms with Crippen molar-refractivity contribution in [1.82, 2.24) is 24.6 Å². The summed E-state index contributed by atoms with van der Waals surface area (Å²) in [6.07, 6.45) is 3.50. The Bertz CT molecular complexity index is 913. The van der Waals surface area contributed by atoms with Gasteiger partial charge >= 0.3 is 0 Å². The van der Waals surface area contributed by atoms with E-state index in [9.17, 15) is 8.42 Å². The summed E-state index contributed by atoms with van der Waals surface area (Å²) in [5, 5.41) is 7.32. The number of nitrogens with zero attached hydrogens (tertiary/aromatic N) is 4. The summed E-state index contributed by atoms with van der Waals surface area (Å²) in [7, 11) is -3.74. The van der Waals surface area contributed by atoms with Gasteiger partial charge in [-0.1, -0.05) is 19.9 Å². The number of hydrogen-bond acceptors (Lipinski definition) is 6. The quantitative estimate of drug-likeness (QED) is 0.733. The highest BCUT2D eigenvalue weighted by atomic mass is 32.2. The molecule has 1 aromatic carbocycles. The second-order valence-corrected chi connectivity index (χ2v) is 7.34. The van der Waals surface area contributed by atoms with E-state index < -0.39 is 10.0 Å². The first-order chi connectivity index (χ1) is 11.0. The highest BCUT2D eigenvalue weighted by molar-refractivity contribution is 7.89. The molecule has 0 amide bonds. The molecule has 0 radical (unpaired) electrons. The van der Waals surface area contributed by atoms with E-state index in [1.807, 2.05) is 10.8 Å². The Labute approximate surface area is 133 Å². The van der Waals surface area contributed by atoms with Gasteiger partial charge in [0.15, 0.2) is 5.52 Å². The molecule has 0 aliphatic heterocycles. The fourth-order valence-corrected chi connectivity index (χ4v) is 3.43. The molecule has 8 nitrogen and oxygen atoms in total. The molecule has 0 unspecified atom stereocenters. The zero-order valence-corrected chi connectivity index (χ0v) is 13.6. The van der Waals surface area contributed by atoms with E-state index in [1.54, 1.807) is 18.3 Å². The lowest BCUT2D eigenvalue weighted by Crippen LogP contribution is -2.25. The summed E-state index contributed by atoms with van der Waals surface area (Å²) in [5.41, 5.74) is 0.611. The number of hydrogen-bond donors (Lipinski definition) is 1. The first-order valence-corrected chi connectivity index (χ1v) is 8.66. The maximum absolute atomic E-state index is 12.5. The third kappa shape index (κ3) is 3.25. The van der Waals surface area contributed by atoms with Crippen molar-refractivity contribution in [2.75, 3.05) is 0 Å². The van der Waals surface area contributed by atoms with Crippen LogP contribution in [0, 0.1) is 5.92 Å². The lowest BCUT2D eigenvalue weighted by Gasteiger charge is -2.11. The normalized spacial score (nSPS) is 12.3. The molecule has 0 atom stereocenters. The Morgan fingerprint density at radius 1 is 1.30 bits per heavy atom. The minimum Gasteiger partial charge on any atom is -0.334 e. The van der Waals surface area contributed by atoms with E-state index in [2.05, 4.69) is 38.5 Å². The summed E-state index contributed by atoms with van der Waals surface area (Å²) in [5.74, 6) is 1.10. The molecule has 3 aromatic rings. The molecule has 0 saturated heterocycles. The second-order valence-electron chi connectivity index (χ2n) is 5.60. The van der Waals surface area contributed by atoms with Crippen molar-refractivity contribution in [1.29, 1.82) is 0 Å². The number of sulfonamides is 1. The third-order valence-electron chi connectivity index (χ3n) is 3.32. The van der Waals surface area contributed by atoms with Crippen LogP contribution in [0.4, 0.5) is 0 Å². The van der Waals surface area contributed by atoms with Crippen LogP contribution in [-0.4, -0.2) is 28.3 Å². The van der Waals surface area contributed by atoms with Crippen molar-refractivity contribution < 1.29 is 13.0 Å². The molecule has 1 N–H and O–H groups in total. The van der Waals surface area contributed by atoms with Crippen molar-refractivity contribution in [2.45, 2.75) is 31.8 Å². The highest BCUT2D eigenvalue weighted by Gasteiger charge is 2.20. The van der Waals surface area contributed by atoms with Crippen LogP contribution in [0.5, 0.6) is 0 Å². The van der Waals surface area contributed by atoms with Gasteiger partial charge in [-0.05, 0) is 28.4 Å². The first-order valence-electron chi connectivity index (χ1n) is 7.18. The van der Waals surface area contributed by atoms with Crippen LogP contribution in [0.15, 0.2) is 40.1 Å². The van der Waals surface area contributed by atoms with Crippen molar-refractivity contribution in [3.05, 3.63) is 36.4 Å². The Morgan fingerprint density at radius 3 is 2.91 bits per heavy atom. The number of benzene rings is 1. The summed E-state index contributed by atoms with van der Waals surface area (Å²) >= 11 is 0. The predicted molar refractivity (Wildman–Crippen MR) is 82.9 cm³/mol. The van der Waals surface area contributed by atoms with Crippen LogP contribution in [0.25, 0.3) is 11.0 Å². The predicted octanol–water partition coefficient (Wildman–Crippen LogP) is 1.55. The van der Waals surface area contributed by atoms with Gasteiger partial charge in [0.25, 0.3) is 0 Å². The fraction of sp³-hybridized carbons (Fsp3) is 0.357. The Kier molecular flexibility index (Phi) is 4.14. The molecular weight excluding hydrogens is 318 g/mol. The van der Waals surface area contributed by atoms with E-state index in [0.29, 0.717) is 17.3 Å². The molecule has 0 aliphatic rings. The average Bonchev–Trinajstić information content (AvgIpc) is 3.12. The van der Waals surface area contributed by atoms with Crippen LogP contribution in [0.2, 0.25) is 0 Å². The average molecular weight is 335 g/mol. The van der Waals surface area contributed by atoms with E-state index in [1.165, 1.54) is 6.07 Å². The van der Waals surface area contributed by atoms with Crippen LogP contribution in [0.3, 0.4) is 0 Å². The topological polar surface area (TPSA) is 103 Å². The first kappa shape index (κ1) is 15.6. The number of nitrogens with one attached hydrogen (secondary N) is 1. The number of fused-ring (bicyclic) bond motifs is 1. The van der Waals surface area contributed by atoms with Gasteiger partial charge in [0.05, 0.1) is 6.54 Å². The van der Waals surface area contributed by atoms with Crippen LogP contribution < -0.4 is 4.72 Å². The zero-order chi connectivity index (χ0) is 16.4. The van der Waals surface area contributed by atoms with Crippen molar-refractivity contribution in [2.24, 2.45) is 5.92 Å². The summed E-state index contributed by atoms with van der Waals surface area (Å²) in [4.78, 5) is 4.25. The molecule has 2 aromatic heterocycles. The van der Waals surface area contributed by atoms with Crippen LogP contribution in [0.1, 0.15) is 19.7 Å². The fourth-order valence-electron chi connectivity index (χ4n) is 2.30. The summed E-state index contributed by atoms with van der Waals surface area (Å²) < 4.78 is 34.1. The standard InChI is InChI=1S/C14H17N5O3S/c1-10(2)9-19-7-6-15-13(19)8-16-23(20,21)12-5-3-4-11-14(12)18-22-17-11/h3-7,10,16H,8-9H2,1-2H3. The molecule has 9 heteroatoms. The van der Waals surface area contributed by atoms with E-state index in [0.717, 1.165) is 6.54 Å². The minimum atomic E-state index is -3.74. The van der Waals surface area contributed by atoms with E-state index in [4.69, 9.17) is 0 Å². The Hall–Kier alpha value is -2.26. The maximum atomic E-state index is 12.5. The number of aromatic nitrogens is 4. The molecule has 2 heterocycles. The molecular formula is C14H17N5O3S. The number of rotatable bonds is 6. The number of imidazole rings is 1. The lowest BCUT2D eigenvalue weighted by molar-refractivity contribution is 0.315. The summed E-state index contributed by atoms with van der Waals surface area (Å²) in [6.45, 7) is 5.06. The smallest absolute Gasteiger partial charge is 0.243 e. The maximum Gasteiger partial charge on any atom is 0.243 e. The third-order valence-corrected chi connectivity index (χ3v) is 4.76. The molecule has 0 fully saturated rings. The Balaban J connectivity index is 1.82. The van der Waals surface area contributed by atoms with Crippen molar-refractivity contribution in [3.63, 3.8) is 0 Å². The second kappa shape index (κ2) is 6.09. The van der Waals surface area contributed by atoms with Crippen molar-refractivity contribution in [3.8, 4) is 0 Å². The summed E-state index contributed by atoms with van der Waals surface area (Å²) in [6, 6.07) is 4.70. The monoisotopic (exact) mass is 335 g/mol. The van der Waals surface area contributed by atoms with Gasteiger partial charge in [-0.2, -0.15) is 0 Å². The Morgan fingerprint density at radius 2 is 2.13 bits per heavy atom. The van der Waals surface area contributed by atoms with Gasteiger partial charge in [-0.25, -0.2) is 22.8 Å². The largest absolute Gasteiger partial charge is 0.334 e. The van der Waals surface area contributed by atoms with E-state index >= 15 is 0 Å². The van der Waals surface area contributed by atoms with Crippen LogP contribution in [-0.2, 0) is 23.1 Å². The van der Waals surface area contributed by atoms with Gasteiger partial charge < -0.3 is 4.57 Å². The lowest BCUT2D eigenvalue weighted by atomic mass is 10.2. The molecule has 3 rings (SSSR count). The van der Waals surface area contributed by atoms with Crippen molar-refractivity contribution >= 4 is 21.1 Å². The molecule has 23 heavy (non-hydrogen) atoms. The van der Waals surface area contributed by atoms with Gasteiger partial charge in [0.2, 0.25) is 10.0 Å². The van der Waals surface area contributed by atoms with Gasteiger partial charge in [-0.3, -0.25) is 0 Å². The minimum absolute atomic E-state index is 0.0400. The van der Waals surface area contributed by atoms with Crippen LogP contribution >= 0.6 is 0 Å². The SMILES string of the molecule is CC(C)Cn1ccnc1CNS(=O)(=O)c1cccc2nonc12. The molecule has 0 saturated carbocycles. The van der Waals surface area contributed by atoms with E-state index in [-0.39, 0.29) is 17.0 Å². The van der Waals surface area contributed by atoms with Gasteiger partial charge in [0.1, 0.15) is 16.2 Å².